The summed E-state index contributed by atoms with van der Waals surface area (Å²) in [6.45, 7) is 0. The van der Waals surface area contributed by atoms with E-state index < -0.39 is 54.0 Å². The molecule has 0 saturated heterocycles. The van der Waals surface area contributed by atoms with Crippen LogP contribution in [0.25, 0.3) is 0 Å². The summed E-state index contributed by atoms with van der Waals surface area (Å²) in [7, 11) is -4.93. The fourth-order valence-corrected chi connectivity index (χ4v) is 3.27. The molecule has 0 heterocycles. The zero-order valence-electron chi connectivity index (χ0n) is 11.7. The van der Waals surface area contributed by atoms with Crippen molar-refractivity contribution >= 4 is 62.6 Å². The number of nitrogen functional groups attached to an aromatic ring is 1. The zero-order chi connectivity index (χ0) is 17.8. The zero-order valence-corrected chi connectivity index (χ0v) is 12.5. The fraction of sp³-hybridized carbons (Fsp3) is 0. The first-order valence-corrected chi connectivity index (χ1v) is 7.85. The molecule has 3 rings (SSSR count). The van der Waals surface area contributed by atoms with Gasteiger partial charge in [0.1, 0.15) is 10.5 Å². The molecule has 0 spiro atoms. The Kier molecular flexibility index (Phi) is 4.86. The molecule has 0 radical (unpaired) electrons. The van der Waals surface area contributed by atoms with Gasteiger partial charge in [0.15, 0.2) is 5.78 Å². The Bertz CT molecular complexity index is 1060. The van der Waals surface area contributed by atoms with Crippen LogP contribution in [-0.4, -0.2) is 59.0 Å². The van der Waals surface area contributed by atoms with Gasteiger partial charge in [0, 0.05) is 17.2 Å². The molecule has 124 valence electrons. The van der Waals surface area contributed by atoms with Crippen LogP contribution >= 0.6 is 0 Å². The number of nitrogens with two attached hydrogens (primary N) is 1. The molecule has 1 aliphatic carbocycles. The molecule has 9 nitrogen and oxygen atoms in total. The Hall–Kier alpha value is -2.11. The van der Waals surface area contributed by atoms with Gasteiger partial charge >= 0.3 is 29.6 Å². The molecule has 2 aromatic rings. The molecular weight excluding hydrogens is 363 g/mol. The van der Waals surface area contributed by atoms with Gasteiger partial charge in [0.25, 0.3) is 15.8 Å². The Morgan fingerprint density at radius 1 is 1.04 bits per heavy atom. The maximum atomic E-state index is 12.6. The predicted octanol–water partition coefficient (Wildman–Crippen LogP) is 0.551. The van der Waals surface area contributed by atoms with E-state index >= 15 is 0 Å². The molecule has 11 heteroatoms. The number of hydrogen-bond acceptors (Lipinski definition) is 7. The molecule has 0 aromatic heterocycles. The van der Waals surface area contributed by atoms with Gasteiger partial charge in [-0.3, -0.25) is 24.3 Å². The summed E-state index contributed by atoms with van der Waals surface area (Å²) < 4.78 is 32.0. The van der Waals surface area contributed by atoms with Gasteiger partial charge in [-0.15, -0.1) is 0 Å². The number of fused-ring (bicyclic) bond motifs is 2. The first-order valence-electron chi connectivity index (χ1n) is 6.41. The molecule has 0 fully saturated rings. The van der Waals surface area contributed by atoms with E-state index in [0.29, 0.717) is 6.07 Å². The van der Waals surface area contributed by atoms with Crippen molar-refractivity contribution in [1.29, 1.82) is 0 Å². The monoisotopic (exact) mass is 372 g/mol. The second kappa shape index (κ2) is 6.32. The number of benzene rings is 2. The van der Waals surface area contributed by atoms with Gasteiger partial charge in [0.05, 0.1) is 16.2 Å². The summed E-state index contributed by atoms with van der Waals surface area (Å²) >= 11 is 0. The van der Waals surface area contributed by atoms with E-state index in [0.717, 1.165) is 0 Å². The third-order valence-corrected chi connectivity index (χ3v) is 4.55. The first kappa shape index (κ1) is 19.2. The van der Waals surface area contributed by atoms with Gasteiger partial charge in [-0.25, -0.2) is 0 Å². The van der Waals surface area contributed by atoms with Crippen LogP contribution in [0.1, 0.15) is 31.8 Å². The van der Waals surface area contributed by atoms with Crippen LogP contribution in [0.4, 0.5) is 11.4 Å². The quantitative estimate of drug-likeness (QED) is 0.217. The second-order valence-corrected chi connectivity index (χ2v) is 6.38. The maximum absolute atomic E-state index is 12.6. The molecule has 0 bridgehead atoms. The van der Waals surface area contributed by atoms with Crippen LogP contribution in [0.15, 0.2) is 35.2 Å². The predicted molar refractivity (Wildman–Crippen MR) is 87.8 cm³/mol. The van der Waals surface area contributed by atoms with Gasteiger partial charge in [-0.05, 0) is 0 Å². The van der Waals surface area contributed by atoms with Crippen LogP contribution < -0.4 is 5.73 Å². The number of ketones is 2. The second-order valence-electron chi connectivity index (χ2n) is 4.99. The Morgan fingerprint density at radius 3 is 1.96 bits per heavy atom. The normalized spacial score (nSPS) is 12.8. The van der Waals surface area contributed by atoms with E-state index in [1.165, 1.54) is 24.3 Å². The molecule has 0 aliphatic heterocycles. The molecule has 0 saturated carbocycles. The van der Waals surface area contributed by atoms with Crippen molar-refractivity contribution in [2.24, 2.45) is 0 Å². The summed E-state index contributed by atoms with van der Waals surface area (Å²) in [6, 6.07) is 6.09. The van der Waals surface area contributed by atoms with Crippen LogP contribution in [0.5, 0.6) is 0 Å². The third-order valence-electron chi connectivity index (χ3n) is 3.65. The number of carbonyl (C=O) groups excluding carboxylic acids is 2. The Labute approximate surface area is 163 Å². The number of nitrogens with zero attached hydrogens (tertiary/aromatic N) is 1. The summed E-state index contributed by atoms with van der Waals surface area (Å²) in [5, 5.41) is 11.3. The minimum absolute atomic E-state index is 0. The molecule has 25 heavy (non-hydrogen) atoms. The van der Waals surface area contributed by atoms with E-state index in [2.05, 4.69) is 0 Å². The van der Waals surface area contributed by atoms with Crippen LogP contribution in [-0.2, 0) is 10.1 Å². The van der Waals surface area contributed by atoms with E-state index in [4.69, 9.17) is 5.73 Å². The van der Waals surface area contributed by atoms with Crippen LogP contribution in [0.3, 0.4) is 0 Å². The molecular formula is C14H9N2NaO7S. The number of rotatable bonds is 2. The topological polar surface area (TPSA) is 158 Å². The fourth-order valence-electron chi connectivity index (χ4n) is 2.63. The summed E-state index contributed by atoms with van der Waals surface area (Å²) in [6.07, 6.45) is 0. The number of anilines is 1. The van der Waals surface area contributed by atoms with E-state index in [1.807, 2.05) is 0 Å². The van der Waals surface area contributed by atoms with Crippen molar-refractivity contribution in [1.82, 2.24) is 0 Å². The van der Waals surface area contributed by atoms with Crippen molar-refractivity contribution in [3.63, 3.8) is 0 Å². The van der Waals surface area contributed by atoms with Crippen molar-refractivity contribution in [3.8, 4) is 0 Å². The number of nitro groups is 1. The average molecular weight is 372 g/mol. The number of hydrogen-bond donors (Lipinski definition) is 2. The van der Waals surface area contributed by atoms with E-state index in [-0.39, 0.29) is 40.7 Å². The molecule has 0 atom stereocenters. The first-order chi connectivity index (χ1) is 11.1. The number of carbonyl (C=O) groups is 2. The molecule has 0 amide bonds. The average Bonchev–Trinajstić information content (AvgIpc) is 2.50. The summed E-state index contributed by atoms with van der Waals surface area (Å²) in [5.74, 6) is -1.65. The third kappa shape index (κ3) is 2.87. The van der Waals surface area contributed by atoms with Crippen molar-refractivity contribution < 1.29 is 27.5 Å². The molecule has 2 aromatic carbocycles. The Balaban J connectivity index is 0.00000225. The summed E-state index contributed by atoms with van der Waals surface area (Å²) in [4.78, 5) is 34.4. The van der Waals surface area contributed by atoms with Crippen molar-refractivity contribution in [2.45, 2.75) is 4.90 Å². The van der Waals surface area contributed by atoms with Gasteiger partial charge in [0.2, 0.25) is 5.78 Å². The SMILES string of the molecule is Nc1c(S(=O)(=O)O)cc([N+](=O)[O-])c2c1C(=O)c1ccccc1C2=O.[NaH]. The standard InChI is InChI=1S/C14H8N2O7S.Na.H/c15-12-9(24(21,22)23)5-8(16(19)20)10-11(12)14(18)7-4-2-1-3-6(7)13(10)17;;/h1-5H,15H2,(H,21,22,23);;. The van der Waals surface area contributed by atoms with Gasteiger partial charge < -0.3 is 5.73 Å². The molecule has 3 N–H and O–H groups in total. The Morgan fingerprint density at radius 2 is 1.52 bits per heavy atom. The van der Waals surface area contributed by atoms with E-state index in [1.54, 1.807) is 0 Å². The van der Waals surface area contributed by atoms with Crippen molar-refractivity contribution in [2.75, 3.05) is 5.73 Å². The number of nitro benzene ring substituents is 1. The molecule has 1 aliphatic rings. The van der Waals surface area contributed by atoms with Crippen molar-refractivity contribution in [3.05, 3.63) is 62.7 Å². The van der Waals surface area contributed by atoms with E-state index in [9.17, 15) is 32.7 Å². The van der Waals surface area contributed by atoms with Gasteiger partial charge in [-0.1, -0.05) is 24.3 Å². The minimum atomic E-state index is -4.93. The summed E-state index contributed by atoms with van der Waals surface area (Å²) in [5.41, 5.74) is 2.73. The van der Waals surface area contributed by atoms with Gasteiger partial charge in [-0.2, -0.15) is 8.42 Å². The van der Waals surface area contributed by atoms with Crippen LogP contribution in [0, 0.1) is 10.1 Å². The molecule has 0 unspecified atom stereocenters. The van der Waals surface area contributed by atoms with Crippen LogP contribution in [0.2, 0.25) is 0 Å².